The minimum atomic E-state index is -3.77. The Morgan fingerprint density at radius 3 is 2.57 bits per heavy atom. The summed E-state index contributed by atoms with van der Waals surface area (Å²) in [5.41, 5.74) is 0. The molecule has 0 saturated heterocycles. The van der Waals surface area contributed by atoms with E-state index in [2.05, 4.69) is 0 Å². The van der Waals surface area contributed by atoms with Gasteiger partial charge in [0.05, 0.1) is 4.90 Å². The Bertz CT molecular complexity index is 455. The summed E-state index contributed by atoms with van der Waals surface area (Å²) in [5, 5.41) is 0.302. The van der Waals surface area contributed by atoms with E-state index in [1.54, 1.807) is 6.07 Å². The van der Waals surface area contributed by atoms with Crippen LogP contribution in [0.2, 0.25) is 5.02 Å². The van der Waals surface area contributed by atoms with Gasteiger partial charge < -0.3 is 0 Å². The number of carbonyl (C=O) groups excluding carboxylic acids is 1. The molecule has 0 saturated carbocycles. The maximum Gasteiger partial charge on any atom is 0.264 e. The first kappa shape index (κ1) is 11.0. The zero-order valence-electron chi connectivity index (χ0n) is 7.32. The van der Waals surface area contributed by atoms with E-state index in [0.29, 0.717) is 5.02 Å². The Hall–Kier alpha value is -1.07. The van der Waals surface area contributed by atoms with Gasteiger partial charge in [-0.25, -0.2) is 13.1 Å². The molecule has 1 aromatic rings. The molecule has 1 aromatic carbocycles. The molecule has 0 bridgehead atoms. The Morgan fingerprint density at radius 1 is 1.43 bits per heavy atom. The van der Waals surface area contributed by atoms with Crippen molar-refractivity contribution in [2.75, 3.05) is 0 Å². The molecule has 4 nitrogen and oxygen atoms in total. The highest BCUT2D eigenvalue weighted by molar-refractivity contribution is 7.90. The van der Waals surface area contributed by atoms with Crippen molar-refractivity contribution >= 4 is 27.5 Å². The summed E-state index contributed by atoms with van der Waals surface area (Å²) in [6, 6.07) is 5.68. The second-order valence-corrected chi connectivity index (χ2v) is 4.74. The number of amides is 1. The zero-order chi connectivity index (χ0) is 10.8. The number of rotatable bonds is 2. The predicted octanol–water partition coefficient (Wildman–Crippen LogP) is 1.16. The van der Waals surface area contributed by atoms with E-state index < -0.39 is 15.9 Å². The van der Waals surface area contributed by atoms with E-state index in [9.17, 15) is 13.2 Å². The first-order chi connectivity index (χ1) is 6.42. The molecule has 0 aliphatic carbocycles. The Labute approximate surface area is 86.9 Å². The molecule has 0 radical (unpaired) electrons. The molecule has 76 valence electrons. The number of nitrogens with one attached hydrogen (secondary N) is 1. The fraction of sp³-hybridized carbons (Fsp3) is 0.125. The van der Waals surface area contributed by atoms with Crippen LogP contribution >= 0.6 is 11.6 Å². The SMILES string of the molecule is CC(=O)NS(=O)(=O)c1cccc(Cl)c1. The van der Waals surface area contributed by atoms with Gasteiger partial charge in [0, 0.05) is 11.9 Å². The van der Waals surface area contributed by atoms with Gasteiger partial charge in [-0.05, 0) is 18.2 Å². The number of halogens is 1. The summed E-state index contributed by atoms with van der Waals surface area (Å²) in [4.78, 5) is 10.6. The molecule has 0 aromatic heterocycles. The number of hydrogen-bond acceptors (Lipinski definition) is 3. The van der Waals surface area contributed by atoms with Gasteiger partial charge >= 0.3 is 0 Å². The maximum absolute atomic E-state index is 11.4. The van der Waals surface area contributed by atoms with E-state index in [1.807, 2.05) is 4.72 Å². The van der Waals surface area contributed by atoms with Gasteiger partial charge in [-0.15, -0.1) is 0 Å². The molecule has 1 N–H and O–H groups in total. The van der Waals surface area contributed by atoms with Crippen molar-refractivity contribution in [2.45, 2.75) is 11.8 Å². The van der Waals surface area contributed by atoms with Crippen LogP contribution in [0, 0.1) is 0 Å². The highest BCUT2D eigenvalue weighted by atomic mass is 35.5. The van der Waals surface area contributed by atoms with Crippen LogP contribution in [-0.4, -0.2) is 14.3 Å². The molecule has 0 fully saturated rings. The molecular formula is C8H8ClNO3S. The van der Waals surface area contributed by atoms with Crippen LogP contribution in [-0.2, 0) is 14.8 Å². The first-order valence-corrected chi connectivity index (χ1v) is 5.57. The van der Waals surface area contributed by atoms with Crippen LogP contribution in [0.15, 0.2) is 29.2 Å². The van der Waals surface area contributed by atoms with Gasteiger partial charge in [-0.2, -0.15) is 0 Å². The second-order valence-electron chi connectivity index (χ2n) is 2.62. The van der Waals surface area contributed by atoms with Gasteiger partial charge in [0.2, 0.25) is 5.91 Å². The lowest BCUT2D eigenvalue weighted by molar-refractivity contribution is -0.117. The average molecular weight is 234 g/mol. The van der Waals surface area contributed by atoms with Crippen LogP contribution in [0.1, 0.15) is 6.92 Å². The third-order valence-electron chi connectivity index (χ3n) is 1.38. The summed E-state index contributed by atoms with van der Waals surface area (Å²) in [5.74, 6) is -0.634. The average Bonchev–Trinajstić information content (AvgIpc) is 2.01. The molecule has 0 unspecified atom stereocenters. The molecule has 0 aliphatic rings. The van der Waals surface area contributed by atoms with Gasteiger partial charge in [0.15, 0.2) is 0 Å². The van der Waals surface area contributed by atoms with E-state index in [4.69, 9.17) is 11.6 Å². The van der Waals surface area contributed by atoms with Crippen molar-refractivity contribution in [3.05, 3.63) is 29.3 Å². The molecule has 0 atom stereocenters. The van der Waals surface area contributed by atoms with Crippen LogP contribution in [0.3, 0.4) is 0 Å². The van der Waals surface area contributed by atoms with Gasteiger partial charge in [0.1, 0.15) is 0 Å². The van der Waals surface area contributed by atoms with Crippen molar-refractivity contribution in [3.8, 4) is 0 Å². The van der Waals surface area contributed by atoms with Crippen molar-refractivity contribution in [1.29, 1.82) is 0 Å². The van der Waals surface area contributed by atoms with Crippen LogP contribution < -0.4 is 4.72 Å². The van der Waals surface area contributed by atoms with E-state index in [1.165, 1.54) is 18.2 Å². The fourth-order valence-electron chi connectivity index (χ4n) is 0.882. The number of benzene rings is 1. The molecule has 0 spiro atoms. The van der Waals surface area contributed by atoms with E-state index in [-0.39, 0.29) is 4.90 Å². The number of hydrogen-bond donors (Lipinski definition) is 1. The van der Waals surface area contributed by atoms with Crippen LogP contribution in [0.25, 0.3) is 0 Å². The Kier molecular flexibility index (Phi) is 3.13. The smallest absolute Gasteiger partial charge is 0.264 e. The molecule has 14 heavy (non-hydrogen) atoms. The minimum Gasteiger partial charge on any atom is -0.274 e. The van der Waals surface area contributed by atoms with E-state index in [0.717, 1.165) is 6.92 Å². The second kappa shape index (κ2) is 3.98. The molecule has 1 rings (SSSR count). The van der Waals surface area contributed by atoms with Gasteiger partial charge in [0.25, 0.3) is 10.0 Å². The van der Waals surface area contributed by atoms with E-state index >= 15 is 0 Å². The Balaban J connectivity index is 3.11. The van der Waals surface area contributed by atoms with Crippen LogP contribution in [0.5, 0.6) is 0 Å². The molecule has 0 heterocycles. The third kappa shape index (κ3) is 2.71. The fourth-order valence-corrected chi connectivity index (χ4v) is 2.17. The lowest BCUT2D eigenvalue weighted by Gasteiger charge is -2.03. The van der Waals surface area contributed by atoms with Gasteiger partial charge in [-0.1, -0.05) is 17.7 Å². The lowest BCUT2D eigenvalue weighted by Crippen LogP contribution is -2.28. The monoisotopic (exact) mass is 233 g/mol. The van der Waals surface area contributed by atoms with Crippen molar-refractivity contribution in [3.63, 3.8) is 0 Å². The van der Waals surface area contributed by atoms with Crippen LogP contribution in [0.4, 0.5) is 0 Å². The number of sulfonamides is 1. The predicted molar refractivity (Wildman–Crippen MR) is 52.5 cm³/mol. The Morgan fingerprint density at radius 2 is 2.07 bits per heavy atom. The quantitative estimate of drug-likeness (QED) is 0.834. The summed E-state index contributed by atoms with van der Waals surface area (Å²) in [6.45, 7) is 1.13. The highest BCUT2D eigenvalue weighted by Gasteiger charge is 2.14. The normalized spacial score (nSPS) is 11.0. The standard InChI is InChI=1S/C8H8ClNO3S/c1-6(11)10-14(12,13)8-4-2-3-7(9)5-8/h2-5H,1H3,(H,10,11). The molecule has 0 aliphatic heterocycles. The minimum absolute atomic E-state index is 0.0276. The summed E-state index contributed by atoms with van der Waals surface area (Å²) in [6.07, 6.45) is 0. The van der Waals surface area contributed by atoms with Crippen molar-refractivity contribution in [1.82, 2.24) is 4.72 Å². The van der Waals surface area contributed by atoms with Crippen molar-refractivity contribution in [2.24, 2.45) is 0 Å². The molecule has 6 heteroatoms. The zero-order valence-corrected chi connectivity index (χ0v) is 8.89. The summed E-state index contributed by atoms with van der Waals surface area (Å²) in [7, 11) is -3.77. The number of carbonyl (C=O) groups is 1. The molecule has 1 amide bonds. The van der Waals surface area contributed by atoms with Gasteiger partial charge in [-0.3, -0.25) is 4.79 Å². The highest BCUT2D eigenvalue weighted by Crippen LogP contribution is 2.14. The maximum atomic E-state index is 11.4. The third-order valence-corrected chi connectivity index (χ3v) is 3.05. The van der Waals surface area contributed by atoms with Crippen molar-refractivity contribution < 1.29 is 13.2 Å². The first-order valence-electron chi connectivity index (χ1n) is 3.71. The summed E-state index contributed by atoms with van der Waals surface area (Å²) >= 11 is 5.61. The molecular weight excluding hydrogens is 226 g/mol. The summed E-state index contributed by atoms with van der Waals surface area (Å²) < 4.78 is 24.6. The topological polar surface area (TPSA) is 63.2 Å². The largest absolute Gasteiger partial charge is 0.274 e. The lowest BCUT2D eigenvalue weighted by atomic mass is 10.4.